The highest BCUT2D eigenvalue weighted by Gasteiger charge is 2.33. The number of Topliss-reactive ketones (excluding diaryl/α,β-unsaturated/α-hetero) is 1. The van der Waals surface area contributed by atoms with Gasteiger partial charge in [0.1, 0.15) is 11.4 Å². The summed E-state index contributed by atoms with van der Waals surface area (Å²) in [6.45, 7) is 6.96. The van der Waals surface area contributed by atoms with Gasteiger partial charge in [-0.25, -0.2) is 0 Å². The standard InChI is InChI=1S/C17H17N5O4.C2H6/c1-7(23)8(2)26-21-17-10-3-4-13(22(24)25)16(20)15(10)14-11(17)5-9(18)6-12(14)19;1-2/h3-6,8H,18-20H2,1-2H3;1-2H3/b21-17-;. The minimum absolute atomic E-state index is 0.0185. The van der Waals surface area contributed by atoms with Crippen molar-refractivity contribution in [1.29, 1.82) is 0 Å². The van der Waals surface area contributed by atoms with Crippen LogP contribution in [0.3, 0.4) is 0 Å². The number of rotatable bonds is 4. The van der Waals surface area contributed by atoms with Crippen molar-refractivity contribution in [2.75, 3.05) is 17.2 Å². The summed E-state index contributed by atoms with van der Waals surface area (Å²) in [5.74, 6) is -0.192. The molecular weight excluding hydrogens is 362 g/mol. The zero-order valence-corrected chi connectivity index (χ0v) is 16.1. The summed E-state index contributed by atoms with van der Waals surface area (Å²) < 4.78 is 0. The van der Waals surface area contributed by atoms with Crippen LogP contribution in [0.2, 0.25) is 0 Å². The maximum absolute atomic E-state index is 11.4. The lowest BCUT2D eigenvalue weighted by atomic mass is 10.0. The van der Waals surface area contributed by atoms with Crippen molar-refractivity contribution in [3.05, 3.63) is 45.5 Å². The van der Waals surface area contributed by atoms with Crippen molar-refractivity contribution in [2.45, 2.75) is 33.8 Å². The number of hydrogen-bond donors (Lipinski definition) is 3. The highest BCUT2D eigenvalue weighted by molar-refractivity contribution is 6.28. The molecular formula is C19H23N5O4. The Morgan fingerprint density at radius 1 is 1.14 bits per heavy atom. The molecule has 0 heterocycles. The van der Waals surface area contributed by atoms with E-state index in [9.17, 15) is 14.9 Å². The number of ketones is 1. The fourth-order valence-corrected chi connectivity index (χ4v) is 2.84. The second-order valence-corrected chi connectivity index (χ2v) is 6.01. The smallest absolute Gasteiger partial charge is 0.292 e. The van der Waals surface area contributed by atoms with Crippen molar-refractivity contribution in [2.24, 2.45) is 5.16 Å². The minimum atomic E-state index is -0.746. The van der Waals surface area contributed by atoms with Crippen LogP contribution in [0, 0.1) is 10.1 Å². The lowest BCUT2D eigenvalue weighted by Crippen LogP contribution is -2.16. The van der Waals surface area contributed by atoms with Crippen molar-refractivity contribution in [3.63, 3.8) is 0 Å². The van der Waals surface area contributed by atoms with E-state index in [1.807, 2.05) is 13.8 Å². The normalized spacial score (nSPS) is 13.8. The van der Waals surface area contributed by atoms with E-state index in [1.165, 1.54) is 19.1 Å². The summed E-state index contributed by atoms with van der Waals surface area (Å²) in [6, 6.07) is 6.00. The van der Waals surface area contributed by atoms with Gasteiger partial charge in [0.25, 0.3) is 5.69 Å². The van der Waals surface area contributed by atoms with Gasteiger partial charge in [-0.3, -0.25) is 14.9 Å². The molecule has 3 rings (SSSR count). The minimum Gasteiger partial charge on any atom is -0.399 e. The Labute approximate surface area is 162 Å². The highest BCUT2D eigenvalue weighted by atomic mass is 16.6. The van der Waals surface area contributed by atoms with Gasteiger partial charge in [-0.15, -0.1) is 0 Å². The summed E-state index contributed by atoms with van der Waals surface area (Å²) in [4.78, 5) is 27.3. The van der Waals surface area contributed by atoms with Gasteiger partial charge >= 0.3 is 0 Å². The first kappa shape index (κ1) is 20.7. The molecule has 1 aliphatic rings. The molecule has 1 atom stereocenters. The molecule has 2 aromatic carbocycles. The predicted octanol–water partition coefficient (Wildman–Crippen LogP) is 3.09. The van der Waals surface area contributed by atoms with Crippen LogP contribution in [0.25, 0.3) is 11.1 Å². The summed E-state index contributed by atoms with van der Waals surface area (Å²) in [7, 11) is 0. The zero-order valence-electron chi connectivity index (χ0n) is 16.1. The van der Waals surface area contributed by atoms with Crippen LogP contribution in [-0.2, 0) is 9.63 Å². The molecule has 0 saturated heterocycles. The van der Waals surface area contributed by atoms with Gasteiger partial charge in [0.05, 0.1) is 4.92 Å². The lowest BCUT2D eigenvalue weighted by Gasteiger charge is -2.08. The predicted molar refractivity (Wildman–Crippen MR) is 110 cm³/mol. The number of oxime groups is 1. The van der Waals surface area contributed by atoms with Gasteiger partial charge in [-0.05, 0) is 32.0 Å². The summed E-state index contributed by atoms with van der Waals surface area (Å²) in [5, 5.41) is 15.3. The van der Waals surface area contributed by atoms with Gasteiger partial charge in [-0.1, -0.05) is 19.0 Å². The molecule has 28 heavy (non-hydrogen) atoms. The van der Waals surface area contributed by atoms with Gasteiger partial charge in [0.2, 0.25) is 0 Å². The van der Waals surface area contributed by atoms with E-state index in [0.717, 1.165) is 0 Å². The molecule has 0 amide bonds. The van der Waals surface area contributed by atoms with Crippen LogP contribution in [-0.4, -0.2) is 22.5 Å². The van der Waals surface area contributed by atoms with E-state index in [1.54, 1.807) is 19.1 Å². The van der Waals surface area contributed by atoms with Gasteiger partial charge in [-0.2, -0.15) is 0 Å². The van der Waals surface area contributed by atoms with E-state index in [2.05, 4.69) is 5.16 Å². The van der Waals surface area contributed by atoms with E-state index in [-0.39, 0.29) is 17.2 Å². The van der Waals surface area contributed by atoms with Crippen molar-refractivity contribution in [1.82, 2.24) is 0 Å². The Hall–Kier alpha value is -3.62. The number of nitrogen functional groups attached to an aromatic ring is 3. The summed E-state index contributed by atoms with van der Waals surface area (Å²) in [6.07, 6.45) is -0.746. The average Bonchev–Trinajstić information content (AvgIpc) is 2.95. The van der Waals surface area contributed by atoms with Crippen LogP contribution in [0.1, 0.15) is 38.8 Å². The Kier molecular flexibility index (Phi) is 5.87. The fraction of sp³-hybridized carbons (Fsp3) is 0.263. The number of carbonyl (C=O) groups is 1. The molecule has 0 fully saturated rings. The number of benzene rings is 2. The number of nitrogens with zero attached hydrogens (tertiary/aromatic N) is 2. The van der Waals surface area contributed by atoms with Gasteiger partial charge in [0.15, 0.2) is 11.9 Å². The van der Waals surface area contributed by atoms with Crippen molar-refractivity contribution >= 4 is 34.2 Å². The van der Waals surface area contributed by atoms with E-state index < -0.39 is 11.0 Å². The first-order chi connectivity index (χ1) is 13.2. The number of carbonyl (C=O) groups excluding carboxylic acids is 1. The third-order valence-corrected chi connectivity index (χ3v) is 4.25. The molecule has 1 unspecified atom stereocenters. The molecule has 0 bridgehead atoms. The number of hydrogen-bond acceptors (Lipinski definition) is 8. The van der Waals surface area contributed by atoms with Crippen LogP contribution < -0.4 is 17.2 Å². The number of anilines is 3. The van der Waals surface area contributed by atoms with Crippen molar-refractivity contribution in [3.8, 4) is 11.1 Å². The maximum Gasteiger partial charge on any atom is 0.292 e. The largest absolute Gasteiger partial charge is 0.399 e. The number of nitro groups is 1. The van der Waals surface area contributed by atoms with Crippen LogP contribution in [0.15, 0.2) is 29.4 Å². The van der Waals surface area contributed by atoms with E-state index in [0.29, 0.717) is 39.3 Å². The molecule has 9 nitrogen and oxygen atoms in total. The SMILES string of the molecule is CC.CC(=O)C(C)O/N=C1\c2cc(N)cc(N)c2-c2c1ccc([N+](=O)[O-])c2N. The summed E-state index contributed by atoms with van der Waals surface area (Å²) >= 11 is 0. The molecule has 9 heteroatoms. The van der Waals surface area contributed by atoms with Crippen LogP contribution >= 0.6 is 0 Å². The van der Waals surface area contributed by atoms with E-state index in [4.69, 9.17) is 22.0 Å². The third-order valence-electron chi connectivity index (χ3n) is 4.25. The first-order valence-corrected chi connectivity index (χ1v) is 8.73. The molecule has 0 aliphatic heterocycles. The van der Waals surface area contributed by atoms with Crippen LogP contribution in [0.4, 0.5) is 22.7 Å². The number of fused-ring (bicyclic) bond motifs is 3. The maximum atomic E-state index is 11.4. The average molecular weight is 385 g/mol. The molecule has 0 saturated carbocycles. The molecule has 2 aromatic rings. The molecule has 0 radical (unpaired) electrons. The highest BCUT2D eigenvalue weighted by Crippen LogP contribution is 2.47. The Morgan fingerprint density at radius 2 is 1.79 bits per heavy atom. The molecule has 0 aromatic heterocycles. The van der Waals surface area contributed by atoms with Gasteiger partial charge in [0, 0.05) is 39.7 Å². The van der Waals surface area contributed by atoms with Crippen molar-refractivity contribution < 1.29 is 14.6 Å². The molecule has 148 valence electrons. The summed E-state index contributed by atoms with van der Waals surface area (Å²) in [5.41, 5.74) is 20.8. The second kappa shape index (κ2) is 7.95. The van der Waals surface area contributed by atoms with Gasteiger partial charge < -0.3 is 22.0 Å². The zero-order chi connectivity index (χ0) is 21.2. The monoisotopic (exact) mass is 385 g/mol. The topological polar surface area (TPSA) is 160 Å². The number of nitro benzene ring substituents is 1. The molecule has 1 aliphatic carbocycles. The number of nitrogens with two attached hydrogens (primary N) is 3. The molecule has 0 spiro atoms. The molecule has 6 N–H and O–H groups in total. The third kappa shape index (κ3) is 3.46. The first-order valence-electron chi connectivity index (χ1n) is 8.73. The Morgan fingerprint density at radius 3 is 2.36 bits per heavy atom. The Balaban J connectivity index is 0.00000136. The van der Waals surface area contributed by atoms with E-state index >= 15 is 0 Å². The quantitative estimate of drug-likeness (QED) is 0.353. The fourth-order valence-electron chi connectivity index (χ4n) is 2.84. The second-order valence-electron chi connectivity index (χ2n) is 6.01. The Bertz CT molecular complexity index is 985. The van der Waals surface area contributed by atoms with Crippen LogP contribution in [0.5, 0.6) is 0 Å². The lowest BCUT2D eigenvalue weighted by molar-refractivity contribution is -0.383.